The number of aromatic amines is 1. The van der Waals surface area contributed by atoms with Gasteiger partial charge >= 0.3 is 11.4 Å². The molecule has 34 heavy (non-hydrogen) atoms. The smallest absolute Gasteiger partial charge is 0.349 e. The third kappa shape index (κ3) is 4.89. The lowest BCUT2D eigenvalue weighted by Crippen LogP contribution is -2.32. The normalized spacial score (nSPS) is 11.3. The summed E-state index contributed by atoms with van der Waals surface area (Å²) in [5.74, 6) is -0.117. The molecule has 9 nitrogen and oxygen atoms in total. The van der Waals surface area contributed by atoms with E-state index in [1.165, 1.54) is 18.2 Å². The van der Waals surface area contributed by atoms with E-state index in [2.05, 4.69) is 26.0 Å². The van der Waals surface area contributed by atoms with Gasteiger partial charge in [0.15, 0.2) is 0 Å². The first-order valence-electron chi connectivity index (χ1n) is 9.57. The van der Waals surface area contributed by atoms with Crippen LogP contribution in [0.25, 0.3) is 10.9 Å². The summed E-state index contributed by atoms with van der Waals surface area (Å²) in [7, 11) is 0. The Morgan fingerprint density at radius 3 is 2.65 bits per heavy atom. The molecule has 0 aliphatic rings. The predicted molar refractivity (Wildman–Crippen MR) is 133 cm³/mol. The number of aromatic nitrogens is 2. The number of ether oxygens (including phenoxy) is 1. The van der Waals surface area contributed by atoms with Gasteiger partial charge in [0, 0.05) is 31.7 Å². The molecule has 0 saturated heterocycles. The van der Waals surface area contributed by atoms with Crippen molar-refractivity contribution < 1.29 is 9.66 Å². The van der Waals surface area contributed by atoms with Crippen LogP contribution in [0.1, 0.15) is 11.1 Å². The monoisotopic (exact) mass is 562 g/mol. The lowest BCUT2D eigenvalue weighted by atomic mass is 10.2. The van der Waals surface area contributed by atoms with Crippen LogP contribution < -0.4 is 16.0 Å². The van der Waals surface area contributed by atoms with Crippen molar-refractivity contribution in [3.63, 3.8) is 0 Å². The summed E-state index contributed by atoms with van der Waals surface area (Å²) in [5.41, 5.74) is -0.680. The molecule has 0 saturated carbocycles. The molecule has 0 radical (unpaired) electrons. The fourth-order valence-corrected chi connectivity index (χ4v) is 4.08. The molecule has 4 rings (SSSR count). The first-order chi connectivity index (χ1) is 16.2. The molecule has 172 valence electrons. The first kappa shape index (κ1) is 23.7. The number of nitro groups is 1. The summed E-state index contributed by atoms with van der Waals surface area (Å²) >= 11 is 15.3. The fourth-order valence-electron chi connectivity index (χ4n) is 3.16. The Morgan fingerprint density at radius 2 is 1.91 bits per heavy atom. The molecule has 1 heterocycles. The molecular formula is C22H13BrCl2N4O5. The number of hydrogen-bond donors (Lipinski definition) is 1. The van der Waals surface area contributed by atoms with E-state index in [0.29, 0.717) is 30.3 Å². The molecule has 12 heteroatoms. The Hall–Kier alpha value is -3.47. The topological polar surface area (TPSA) is 120 Å². The van der Waals surface area contributed by atoms with Gasteiger partial charge in [0.1, 0.15) is 6.61 Å². The maximum Gasteiger partial charge on any atom is 0.349 e. The Kier molecular flexibility index (Phi) is 6.82. The van der Waals surface area contributed by atoms with Crippen LogP contribution in [-0.2, 0) is 6.61 Å². The van der Waals surface area contributed by atoms with Crippen LogP contribution in [0.15, 0.2) is 73.8 Å². The van der Waals surface area contributed by atoms with Crippen molar-refractivity contribution >= 4 is 61.9 Å². The number of halogens is 3. The van der Waals surface area contributed by atoms with Gasteiger partial charge in [0.05, 0.1) is 22.0 Å². The van der Waals surface area contributed by atoms with Crippen LogP contribution in [0.3, 0.4) is 0 Å². The molecule has 3 aromatic carbocycles. The lowest BCUT2D eigenvalue weighted by Gasteiger charge is -2.11. The SMILES string of the molecule is O=c1[nH]c2ccccc2c(=O)n1N=Cc1cc(Br)cc([N+](=O)[O-])c1OCc1ccc(Cl)cc1Cl. The predicted octanol–water partition coefficient (Wildman–Crippen LogP) is 5.13. The van der Waals surface area contributed by atoms with E-state index in [-0.39, 0.29) is 29.0 Å². The molecule has 0 atom stereocenters. The summed E-state index contributed by atoms with van der Waals surface area (Å²) in [4.78, 5) is 38.8. The van der Waals surface area contributed by atoms with E-state index >= 15 is 0 Å². The van der Waals surface area contributed by atoms with Gasteiger partial charge in [-0.05, 0) is 30.3 Å². The standard InChI is InChI=1S/C22H13BrCl2N4O5/c23-14-7-13(10-26-28-21(30)16-3-1-2-4-18(16)27-22(28)31)20(19(8-14)29(32)33)34-11-12-5-6-15(24)9-17(12)25/h1-10H,11H2,(H,27,31). The van der Waals surface area contributed by atoms with E-state index in [1.54, 1.807) is 36.4 Å². The summed E-state index contributed by atoms with van der Waals surface area (Å²) in [6.45, 7) is -0.101. The number of fused-ring (bicyclic) bond motifs is 1. The molecular weight excluding hydrogens is 551 g/mol. The molecule has 1 aromatic heterocycles. The Balaban J connectivity index is 1.78. The molecule has 1 N–H and O–H groups in total. The molecule has 0 unspecified atom stereocenters. The first-order valence-corrected chi connectivity index (χ1v) is 11.1. The van der Waals surface area contributed by atoms with Crippen molar-refractivity contribution in [3.05, 3.63) is 111 Å². The minimum absolute atomic E-state index is 0.101. The van der Waals surface area contributed by atoms with Crippen molar-refractivity contribution in [1.29, 1.82) is 0 Å². The van der Waals surface area contributed by atoms with E-state index in [4.69, 9.17) is 27.9 Å². The van der Waals surface area contributed by atoms with Crippen LogP contribution in [0, 0.1) is 10.1 Å². The van der Waals surface area contributed by atoms with E-state index < -0.39 is 16.2 Å². The Morgan fingerprint density at radius 1 is 1.15 bits per heavy atom. The van der Waals surface area contributed by atoms with Gasteiger partial charge in [0.25, 0.3) is 5.56 Å². The number of para-hydroxylation sites is 1. The summed E-state index contributed by atoms with van der Waals surface area (Å²) in [6.07, 6.45) is 1.14. The summed E-state index contributed by atoms with van der Waals surface area (Å²) in [5, 5.41) is 16.7. The molecule has 0 bridgehead atoms. The van der Waals surface area contributed by atoms with Gasteiger partial charge in [-0.3, -0.25) is 14.9 Å². The van der Waals surface area contributed by atoms with Crippen molar-refractivity contribution in [2.45, 2.75) is 6.61 Å². The van der Waals surface area contributed by atoms with Crippen LogP contribution in [0.2, 0.25) is 10.0 Å². The van der Waals surface area contributed by atoms with Crippen LogP contribution >= 0.6 is 39.1 Å². The number of nitrogens with zero attached hydrogens (tertiary/aromatic N) is 3. The second-order valence-corrected chi connectivity index (χ2v) is 8.72. The van der Waals surface area contributed by atoms with Crippen molar-refractivity contribution in [3.8, 4) is 5.75 Å². The fraction of sp³-hybridized carbons (Fsp3) is 0.0455. The molecule has 0 fully saturated rings. The Labute approximate surface area is 209 Å². The van der Waals surface area contributed by atoms with E-state index in [1.807, 2.05) is 0 Å². The molecule has 0 amide bonds. The number of nitrogens with one attached hydrogen (secondary N) is 1. The van der Waals surface area contributed by atoms with Crippen LogP contribution in [-0.4, -0.2) is 20.8 Å². The molecule has 0 aliphatic heterocycles. The van der Waals surface area contributed by atoms with Gasteiger partial charge < -0.3 is 9.72 Å². The van der Waals surface area contributed by atoms with Crippen LogP contribution in [0.5, 0.6) is 5.75 Å². The highest BCUT2D eigenvalue weighted by Crippen LogP contribution is 2.35. The minimum atomic E-state index is -0.764. The Bertz CT molecular complexity index is 1580. The van der Waals surface area contributed by atoms with Gasteiger partial charge in [0.2, 0.25) is 5.75 Å². The maximum absolute atomic E-state index is 12.7. The lowest BCUT2D eigenvalue weighted by molar-refractivity contribution is -0.386. The molecule has 0 spiro atoms. The van der Waals surface area contributed by atoms with Gasteiger partial charge in [-0.25, -0.2) is 4.79 Å². The largest absolute Gasteiger partial charge is 0.481 e. The number of nitro benzene ring substituents is 1. The summed E-state index contributed by atoms with van der Waals surface area (Å²) < 4.78 is 6.76. The second-order valence-electron chi connectivity index (χ2n) is 6.96. The third-order valence-electron chi connectivity index (χ3n) is 4.74. The van der Waals surface area contributed by atoms with Gasteiger partial charge in [-0.2, -0.15) is 5.10 Å². The quantitative estimate of drug-likeness (QED) is 0.198. The zero-order valence-corrected chi connectivity index (χ0v) is 20.1. The van der Waals surface area contributed by atoms with E-state index in [9.17, 15) is 19.7 Å². The number of rotatable bonds is 6. The highest BCUT2D eigenvalue weighted by Gasteiger charge is 2.21. The zero-order valence-electron chi connectivity index (χ0n) is 17.0. The zero-order chi connectivity index (χ0) is 24.4. The molecule has 4 aromatic rings. The average Bonchev–Trinajstić information content (AvgIpc) is 2.78. The highest BCUT2D eigenvalue weighted by molar-refractivity contribution is 9.10. The number of H-pyrrole nitrogens is 1. The maximum atomic E-state index is 12.7. The van der Waals surface area contributed by atoms with Gasteiger partial charge in [-0.15, -0.1) is 4.68 Å². The highest BCUT2D eigenvalue weighted by atomic mass is 79.9. The second kappa shape index (κ2) is 9.80. The summed E-state index contributed by atoms with van der Waals surface area (Å²) in [6, 6.07) is 14.0. The number of benzene rings is 3. The number of hydrogen-bond acceptors (Lipinski definition) is 6. The van der Waals surface area contributed by atoms with Crippen LogP contribution in [0.4, 0.5) is 5.69 Å². The van der Waals surface area contributed by atoms with E-state index in [0.717, 1.165) is 6.21 Å². The minimum Gasteiger partial charge on any atom is -0.481 e. The average molecular weight is 564 g/mol. The van der Waals surface area contributed by atoms with Crippen molar-refractivity contribution in [2.75, 3.05) is 0 Å². The van der Waals surface area contributed by atoms with Crippen molar-refractivity contribution in [2.24, 2.45) is 5.10 Å². The third-order valence-corrected chi connectivity index (χ3v) is 5.79. The molecule has 0 aliphatic carbocycles. The van der Waals surface area contributed by atoms with Gasteiger partial charge in [-0.1, -0.05) is 57.3 Å². The van der Waals surface area contributed by atoms with Crippen molar-refractivity contribution in [1.82, 2.24) is 9.66 Å².